The van der Waals surface area contributed by atoms with E-state index in [0.717, 1.165) is 36.8 Å². The van der Waals surface area contributed by atoms with Gasteiger partial charge in [0.15, 0.2) is 0 Å². The Morgan fingerprint density at radius 2 is 1.95 bits per heavy atom. The number of methoxy groups -OCH3 is 2. The van der Waals surface area contributed by atoms with E-state index >= 15 is 0 Å². The minimum atomic E-state index is 0.140. The van der Waals surface area contributed by atoms with Crippen LogP contribution in [0.25, 0.3) is 0 Å². The lowest BCUT2D eigenvalue weighted by atomic mass is 10.2. The maximum Gasteiger partial charge on any atom is 0.122 e. The smallest absolute Gasteiger partial charge is 0.122 e. The molecule has 0 bridgehead atoms. The Morgan fingerprint density at radius 3 is 2.53 bits per heavy atom. The second kappa shape index (κ2) is 7.33. The first-order valence-corrected chi connectivity index (χ1v) is 6.44. The predicted octanol–water partition coefficient (Wildman–Crippen LogP) is 1.21. The number of nitrogens with one attached hydrogen (secondary N) is 1. The fourth-order valence-corrected chi connectivity index (χ4v) is 1.98. The number of morpholine rings is 1. The Bertz CT molecular complexity index is 369. The predicted molar refractivity (Wildman–Crippen MR) is 71.8 cm³/mol. The van der Waals surface area contributed by atoms with E-state index in [0.29, 0.717) is 13.2 Å². The maximum absolute atomic E-state index is 5.68. The van der Waals surface area contributed by atoms with Crippen molar-refractivity contribution in [2.45, 2.75) is 12.7 Å². The molecule has 1 aromatic carbocycles. The van der Waals surface area contributed by atoms with Gasteiger partial charge in [-0.05, 0) is 17.7 Å². The van der Waals surface area contributed by atoms with Gasteiger partial charge in [0, 0.05) is 19.2 Å². The number of benzene rings is 1. The molecule has 2 rings (SSSR count). The fourth-order valence-electron chi connectivity index (χ4n) is 1.98. The van der Waals surface area contributed by atoms with E-state index in [1.165, 1.54) is 0 Å². The molecule has 19 heavy (non-hydrogen) atoms. The van der Waals surface area contributed by atoms with Crippen molar-refractivity contribution in [3.63, 3.8) is 0 Å². The van der Waals surface area contributed by atoms with Crippen LogP contribution in [0, 0.1) is 0 Å². The Hall–Kier alpha value is -1.30. The van der Waals surface area contributed by atoms with E-state index < -0.39 is 0 Å². The Labute approximate surface area is 113 Å². The van der Waals surface area contributed by atoms with Gasteiger partial charge in [0.2, 0.25) is 0 Å². The second-order valence-electron chi connectivity index (χ2n) is 4.43. The van der Waals surface area contributed by atoms with Gasteiger partial charge in [-0.3, -0.25) is 0 Å². The number of hydrogen-bond acceptors (Lipinski definition) is 5. The van der Waals surface area contributed by atoms with Crippen LogP contribution in [-0.4, -0.2) is 46.6 Å². The molecular weight excluding hydrogens is 246 g/mol. The third-order valence-electron chi connectivity index (χ3n) is 2.99. The van der Waals surface area contributed by atoms with Crippen molar-refractivity contribution in [3.05, 3.63) is 23.8 Å². The lowest BCUT2D eigenvalue weighted by Gasteiger charge is -2.23. The number of rotatable bonds is 6. The molecule has 1 aromatic rings. The zero-order valence-corrected chi connectivity index (χ0v) is 11.5. The van der Waals surface area contributed by atoms with Crippen molar-refractivity contribution in [1.82, 2.24) is 5.32 Å². The molecule has 0 spiro atoms. The molecule has 1 heterocycles. The summed E-state index contributed by atoms with van der Waals surface area (Å²) < 4.78 is 21.7. The summed E-state index contributed by atoms with van der Waals surface area (Å²) in [6.07, 6.45) is 0.140. The van der Waals surface area contributed by atoms with E-state index in [4.69, 9.17) is 18.9 Å². The van der Waals surface area contributed by atoms with Crippen LogP contribution in [0.1, 0.15) is 5.56 Å². The van der Waals surface area contributed by atoms with Crippen LogP contribution in [-0.2, 0) is 16.1 Å². The summed E-state index contributed by atoms with van der Waals surface area (Å²) in [7, 11) is 3.28. The normalized spacial score (nSPS) is 19.2. The van der Waals surface area contributed by atoms with Gasteiger partial charge < -0.3 is 24.3 Å². The third kappa shape index (κ3) is 4.38. The molecule has 1 atom stereocenters. The van der Waals surface area contributed by atoms with Gasteiger partial charge in [-0.15, -0.1) is 0 Å². The Balaban J connectivity index is 1.84. The van der Waals surface area contributed by atoms with Crippen molar-refractivity contribution in [1.29, 1.82) is 0 Å². The zero-order chi connectivity index (χ0) is 13.5. The second-order valence-corrected chi connectivity index (χ2v) is 4.43. The SMILES string of the molecule is COc1cc(COCC2CNCCO2)cc(OC)c1. The molecule has 5 heteroatoms. The van der Waals surface area contributed by atoms with Crippen molar-refractivity contribution < 1.29 is 18.9 Å². The maximum atomic E-state index is 5.68. The van der Waals surface area contributed by atoms with Crippen LogP contribution in [0.3, 0.4) is 0 Å². The van der Waals surface area contributed by atoms with Gasteiger partial charge in [0.05, 0.1) is 40.1 Å². The molecule has 1 aliphatic heterocycles. The topological polar surface area (TPSA) is 49.0 Å². The molecule has 1 saturated heterocycles. The summed E-state index contributed by atoms with van der Waals surface area (Å²) in [5.74, 6) is 1.54. The molecule has 0 saturated carbocycles. The van der Waals surface area contributed by atoms with Gasteiger partial charge >= 0.3 is 0 Å². The molecule has 106 valence electrons. The highest BCUT2D eigenvalue weighted by atomic mass is 16.5. The quantitative estimate of drug-likeness (QED) is 0.839. The van der Waals surface area contributed by atoms with Crippen LogP contribution in [0.15, 0.2) is 18.2 Å². The van der Waals surface area contributed by atoms with E-state index in [9.17, 15) is 0 Å². The fraction of sp³-hybridized carbons (Fsp3) is 0.571. The van der Waals surface area contributed by atoms with E-state index in [2.05, 4.69) is 5.32 Å². The van der Waals surface area contributed by atoms with E-state index in [1.54, 1.807) is 14.2 Å². The summed E-state index contributed by atoms with van der Waals surface area (Å²) in [6, 6.07) is 5.74. The first-order chi connectivity index (χ1) is 9.31. The third-order valence-corrected chi connectivity index (χ3v) is 2.99. The van der Waals surface area contributed by atoms with Crippen LogP contribution >= 0.6 is 0 Å². The largest absolute Gasteiger partial charge is 0.497 e. The molecule has 1 N–H and O–H groups in total. The summed E-state index contributed by atoms with van der Waals surface area (Å²) in [4.78, 5) is 0. The van der Waals surface area contributed by atoms with E-state index in [1.807, 2.05) is 18.2 Å². The Kier molecular flexibility index (Phi) is 5.44. The molecule has 0 aromatic heterocycles. The molecule has 0 radical (unpaired) electrons. The van der Waals surface area contributed by atoms with Gasteiger partial charge in [-0.2, -0.15) is 0 Å². The highest BCUT2D eigenvalue weighted by Crippen LogP contribution is 2.22. The molecule has 1 unspecified atom stereocenters. The van der Waals surface area contributed by atoms with Gasteiger partial charge in [0.25, 0.3) is 0 Å². The van der Waals surface area contributed by atoms with Gasteiger partial charge in [-0.1, -0.05) is 0 Å². The van der Waals surface area contributed by atoms with Gasteiger partial charge in [-0.25, -0.2) is 0 Å². The highest BCUT2D eigenvalue weighted by Gasteiger charge is 2.13. The van der Waals surface area contributed by atoms with Crippen LogP contribution < -0.4 is 14.8 Å². The number of hydrogen-bond donors (Lipinski definition) is 1. The first kappa shape index (κ1) is 14.1. The average molecular weight is 267 g/mol. The van der Waals surface area contributed by atoms with Crippen molar-refractivity contribution in [2.75, 3.05) is 40.5 Å². The number of ether oxygens (including phenoxy) is 4. The molecular formula is C14H21NO4. The van der Waals surface area contributed by atoms with Crippen LogP contribution in [0.2, 0.25) is 0 Å². The minimum absolute atomic E-state index is 0.140. The van der Waals surface area contributed by atoms with Crippen molar-refractivity contribution >= 4 is 0 Å². The highest BCUT2D eigenvalue weighted by molar-refractivity contribution is 5.38. The standard InChI is InChI=1S/C14H21NO4/c1-16-12-5-11(6-13(7-12)17-2)9-18-10-14-8-15-3-4-19-14/h5-7,14-15H,3-4,8-10H2,1-2H3. The summed E-state index contributed by atoms with van der Waals surface area (Å²) in [6.45, 7) is 3.63. The Morgan fingerprint density at radius 1 is 1.21 bits per heavy atom. The minimum Gasteiger partial charge on any atom is -0.497 e. The summed E-state index contributed by atoms with van der Waals surface area (Å²) in [5, 5.41) is 3.27. The van der Waals surface area contributed by atoms with Crippen LogP contribution in [0.4, 0.5) is 0 Å². The molecule has 0 amide bonds. The zero-order valence-electron chi connectivity index (χ0n) is 11.5. The van der Waals surface area contributed by atoms with E-state index in [-0.39, 0.29) is 6.10 Å². The van der Waals surface area contributed by atoms with Gasteiger partial charge in [0.1, 0.15) is 11.5 Å². The first-order valence-electron chi connectivity index (χ1n) is 6.44. The van der Waals surface area contributed by atoms with Crippen molar-refractivity contribution in [2.24, 2.45) is 0 Å². The molecule has 5 nitrogen and oxygen atoms in total. The van der Waals surface area contributed by atoms with Crippen LogP contribution in [0.5, 0.6) is 11.5 Å². The summed E-state index contributed by atoms with van der Waals surface area (Å²) in [5.41, 5.74) is 1.03. The summed E-state index contributed by atoms with van der Waals surface area (Å²) >= 11 is 0. The molecule has 1 fully saturated rings. The lowest BCUT2D eigenvalue weighted by Crippen LogP contribution is -2.40. The average Bonchev–Trinajstić information content (AvgIpc) is 2.48. The monoisotopic (exact) mass is 267 g/mol. The molecule has 0 aliphatic carbocycles. The molecule has 1 aliphatic rings. The lowest BCUT2D eigenvalue weighted by molar-refractivity contribution is -0.0357. The van der Waals surface area contributed by atoms with Crippen molar-refractivity contribution in [3.8, 4) is 11.5 Å².